The molecule has 0 aliphatic rings. The molecule has 0 saturated heterocycles. The van der Waals surface area contributed by atoms with Gasteiger partial charge in [0.25, 0.3) is 5.91 Å². The van der Waals surface area contributed by atoms with E-state index in [1.54, 1.807) is 30.7 Å². The Morgan fingerprint density at radius 1 is 1.10 bits per heavy atom. The molecule has 2 rings (SSSR count). The van der Waals surface area contributed by atoms with E-state index in [4.69, 9.17) is 19.3 Å². The molecule has 9 nitrogen and oxygen atoms in total. The topological polar surface area (TPSA) is 138 Å². The first-order valence-corrected chi connectivity index (χ1v) is 10.1. The first-order valence-electron chi connectivity index (χ1n) is 9.24. The van der Waals surface area contributed by atoms with Crippen LogP contribution in [0.2, 0.25) is 0 Å². The molecule has 0 spiro atoms. The van der Waals surface area contributed by atoms with Gasteiger partial charge in [0.15, 0.2) is 0 Å². The van der Waals surface area contributed by atoms with Gasteiger partial charge in [-0.1, -0.05) is 12.1 Å². The summed E-state index contributed by atoms with van der Waals surface area (Å²) in [6.07, 6.45) is -6.02. The maximum Gasteiger partial charge on any atom is 0.265 e. The van der Waals surface area contributed by atoms with Gasteiger partial charge in [-0.2, -0.15) is 0 Å². The molecule has 0 fully saturated rings. The number of ether oxygens (including phenoxy) is 3. The van der Waals surface area contributed by atoms with Crippen LogP contribution in [-0.2, 0) is 11.3 Å². The number of amides is 1. The number of nitrogens with one attached hydrogen (secondary N) is 1. The molecule has 4 atom stereocenters. The van der Waals surface area contributed by atoms with E-state index in [1.807, 2.05) is 12.1 Å². The highest BCUT2D eigenvalue weighted by molar-refractivity contribution is 7.12. The Morgan fingerprint density at radius 2 is 1.80 bits per heavy atom. The highest BCUT2D eigenvalue weighted by Gasteiger charge is 2.33. The lowest BCUT2D eigenvalue weighted by atomic mass is 10.1. The minimum Gasteiger partial charge on any atom is -0.497 e. The predicted molar refractivity (Wildman–Crippen MR) is 110 cm³/mol. The number of hydrogen-bond acceptors (Lipinski definition) is 9. The zero-order valence-electron chi connectivity index (χ0n) is 16.7. The van der Waals surface area contributed by atoms with Crippen LogP contribution < -0.4 is 14.8 Å². The van der Waals surface area contributed by atoms with Crippen molar-refractivity contribution in [2.24, 2.45) is 0 Å². The van der Waals surface area contributed by atoms with Gasteiger partial charge in [-0.3, -0.25) is 4.79 Å². The van der Waals surface area contributed by atoms with Crippen molar-refractivity contribution in [3.8, 4) is 11.5 Å². The third-order valence-electron chi connectivity index (χ3n) is 4.37. The van der Waals surface area contributed by atoms with Crippen molar-refractivity contribution in [2.75, 3.05) is 20.8 Å². The Labute approximate surface area is 178 Å². The number of carbonyl (C=O) groups is 1. The summed E-state index contributed by atoms with van der Waals surface area (Å²) in [5.41, 5.74) is 0.884. The van der Waals surface area contributed by atoms with Crippen LogP contribution in [0.3, 0.4) is 0 Å². The summed E-state index contributed by atoms with van der Waals surface area (Å²) in [5.74, 6) is 0.512. The lowest BCUT2D eigenvalue weighted by molar-refractivity contribution is -0.179. The molecule has 10 heteroatoms. The fraction of sp³-hybridized carbons (Fsp3) is 0.450. The Morgan fingerprint density at radius 3 is 2.40 bits per heavy atom. The summed E-state index contributed by atoms with van der Waals surface area (Å²) < 4.78 is 15.8. The zero-order valence-corrected chi connectivity index (χ0v) is 17.5. The molecule has 1 aromatic heterocycles. The van der Waals surface area contributed by atoms with Crippen molar-refractivity contribution in [3.63, 3.8) is 0 Å². The van der Waals surface area contributed by atoms with Crippen molar-refractivity contribution in [2.45, 2.75) is 37.6 Å². The van der Waals surface area contributed by atoms with Crippen molar-refractivity contribution >= 4 is 17.2 Å². The number of carbonyl (C=O) groups excluding carboxylic acids is 1. The molecule has 1 heterocycles. The molecule has 0 radical (unpaired) electrons. The Kier molecular flexibility index (Phi) is 9.50. The third-order valence-corrected chi connectivity index (χ3v) is 5.27. The number of benzene rings is 1. The second-order valence-electron chi connectivity index (χ2n) is 6.43. The molecule has 0 aliphatic carbocycles. The van der Waals surface area contributed by atoms with Crippen LogP contribution in [0.15, 0.2) is 35.7 Å². The van der Waals surface area contributed by atoms with Gasteiger partial charge < -0.3 is 40.0 Å². The monoisotopic (exact) mass is 441 g/mol. The lowest BCUT2D eigenvalue weighted by Crippen LogP contribution is -2.47. The normalized spacial score (nSPS) is 15.1. The lowest BCUT2D eigenvalue weighted by Gasteiger charge is -2.28. The number of aliphatic hydroxyl groups excluding tert-OH is 4. The Balaban J connectivity index is 2.00. The van der Waals surface area contributed by atoms with E-state index in [-0.39, 0.29) is 29.6 Å². The maximum atomic E-state index is 12.6. The van der Waals surface area contributed by atoms with E-state index < -0.39 is 24.6 Å². The van der Waals surface area contributed by atoms with E-state index in [0.29, 0.717) is 6.54 Å². The van der Waals surface area contributed by atoms with Crippen LogP contribution >= 0.6 is 11.3 Å². The van der Waals surface area contributed by atoms with Gasteiger partial charge in [-0.25, -0.2) is 0 Å². The number of methoxy groups -OCH3 is 2. The highest BCUT2D eigenvalue weighted by atomic mass is 32.1. The molecule has 0 saturated carbocycles. The summed E-state index contributed by atoms with van der Waals surface area (Å²) in [6.45, 7) is -0.0605. The van der Waals surface area contributed by atoms with E-state index in [9.17, 15) is 20.1 Å². The second-order valence-corrected chi connectivity index (χ2v) is 7.34. The zero-order chi connectivity index (χ0) is 22.1. The SMILES string of the molecule is COc1ccc(CNC(=O)c2sccc2OC(OC)C(O)C(O)C(O)CCO)cc1. The second kappa shape index (κ2) is 11.8. The summed E-state index contributed by atoms with van der Waals surface area (Å²) >= 11 is 1.15. The van der Waals surface area contributed by atoms with Gasteiger partial charge >= 0.3 is 0 Å². The molecule has 5 N–H and O–H groups in total. The van der Waals surface area contributed by atoms with Gasteiger partial charge in [-0.15, -0.1) is 11.3 Å². The number of hydrogen-bond donors (Lipinski definition) is 5. The van der Waals surface area contributed by atoms with Gasteiger partial charge in [0, 0.05) is 20.3 Å². The third kappa shape index (κ3) is 6.39. The van der Waals surface area contributed by atoms with Crippen molar-refractivity contribution in [1.82, 2.24) is 5.32 Å². The van der Waals surface area contributed by atoms with Crippen LogP contribution in [0, 0.1) is 0 Å². The molecule has 0 bridgehead atoms. The minimum atomic E-state index is -1.60. The highest BCUT2D eigenvalue weighted by Crippen LogP contribution is 2.27. The van der Waals surface area contributed by atoms with Crippen LogP contribution in [-0.4, -0.2) is 71.8 Å². The van der Waals surface area contributed by atoms with Gasteiger partial charge in [0.2, 0.25) is 6.29 Å². The summed E-state index contributed by atoms with van der Waals surface area (Å²) in [6, 6.07) is 8.80. The molecule has 4 unspecified atom stereocenters. The first-order chi connectivity index (χ1) is 14.4. The largest absolute Gasteiger partial charge is 0.497 e. The van der Waals surface area contributed by atoms with Crippen molar-refractivity contribution in [1.29, 1.82) is 0 Å². The molecule has 1 amide bonds. The summed E-state index contributed by atoms with van der Waals surface area (Å²) in [4.78, 5) is 12.8. The average Bonchev–Trinajstić information content (AvgIpc) is 3.23. The summed E-state index contributed by atoms with van der Waals surface area (Å²) in [7, 11) is 2.83. The number of rotatable bonds is 12. The fourth-order valence-electron chi connectivity index (χ4n) is 2.64. The van der Waals surface area contributed by atoms with E-state index >= 15 is 0 Å². The van der Waals surface area contributed by atoms with Gasteiger partial charge in [0.1, 0.15) is 28.6 Å². The molecular formula is C20H27NO8S. The van der Waals surface area contributed by atoms with E-state index in [0.717, 1.165) is 22.6 Å². The van der Waals surface area contributed by atoms with E-state index in [1.165, 1.54) is 7.11 Å². The van der Waals surface area contributed by atoms with Crippen LogP contribution in [0.25, 0.3) is 0 Å². The smallest absolute Gasteiger partial charge is 0.265 e. The van der Waals surface area contributed by atoms with Crippen molar-refractivity contribution < 1.29 is 39.4 Å². The molecular weight excluding hydrogens is 414 g/mol. The molecule has 0 aliphatic heterocycles. The van der Waals surface area contributed by atoms with Gasteiger partial charge in [0.05, 0.1) is 13.2 Å². The predicted octanol–water partition coefficient (Wildman–Crippen LogP) is 0.503. The fourth-order valence-corrected chi connectivity index (χ4v) is 3.38. The number of aliphatic hydroxyl groups is 4. The Hall–Kier alpha value is -2.21. The molecule has 2 aromatic rings. The van der Waals surface area contributed by atoms with Crippen molar-refractivity contribution in [3.05, 3.63) is 46.2 Å². The van der Waals surface area contributed by atoms with Crippen LogP contribution in [0.4, 0.5) is 0 Å². The first kappa shape index (κ1) is 24.1. The van der Waals surface area contributed by atoms with Crippen LogP contribution in [0.1, 0.15) is 21.7 Å². The molecule has 1 aromatic carbocycles. The molecule has 30 heavy (non-hydrogen) atoms. The quantitative estimate of drug-likeness (QED) is 0.300. The number of thiophene rings is 1. The average molecular weight is 442 g/mol. The standard InChI is InChI=1S/C20H27NO8S/c1-27-13-5-3-12(4-6-13)11-21-19(26)18-15(8-10-30-18)29-20(28-2)17(25)16(24)14(23)7-9-22/h3-6,8,10,14,16-17,20,22-25H,7,9,11H2,1-2H3,(H,21,26). The Bertz CT molecular complexity index is 781. The van der Waals surface area contributed by atoms with Crippen LogP contribution in [0.5, 0.6) is 11.5 Å². The maximum absolute atomic E-state index is 12.6. The van der Waals surface area contributed by atoms with Gasteiger partial charge in [-0.05, 0) is 35.6 Å². The molecule has 166 valence electrons. The minimum absolute atomic E-state index is 0.119. The van der Waals surface area contributed by atoms with E-state index in [2.05, 4.69) is 5.32 Å². The summed E-state index contributed by atoms with van der Waals surface area (Å²) in [5, 5.41) is 43.3.